The van der Waals surface area contributed by atoms with Gasteiger partial charge in [-0.3, -0.25) is 0 Å². The molecule has 0 aromatic carbocycles. The fraction of sp³-hybridized carbons (Fsp3) is 1.00. The van der Waals surface area contributed by atoms with Crippen LogP contribution in [0.2, 0.25) is 17.5 Å². The maximum atomic E-state index is 2.42. The summed E-state index contributed by atoms with van der Waals surface area (Å²) in [5.74, 6) is 2.68. The predicted molar refractivity (Wildman–Crippen MR) is 64.9 cm³/mol. The molecule has 0 aliphatic carbocycles. The van der Waals surface area contributed by atoms with Gasteiger partial charge in [-0.25, -0.2) is 0 Å². The molecule has 13 heavy (non-hydrogen) atoms. The molecule has 0 heterocycles. The van der Waals surface area contributed by atoms with Gasteiger partial charge < -0.3 is 0 Å². The molecule has 0 radical (unpaired) electrons. The lowest BCUT2D eigenvalue weighted by molar-refractivity contribution is 0.720. The fourth-order valence-electron chi connectivity index (χ4n) is 2.50. The first-order chi connectivity index (χ1) is 6.08. The van der Waals surface area contributed by atoms with E-state index in [1.807, 2.05) is 0 Å². The molecule has 0 aliphatic rings. The normalized spacial score (nSPS) is 18.0. The van der Waals surface area contributed by atoms with Gasteiger partial charge in [0.1, 0.15) is 6.71 Å². The Morgan fingerprint density at radius 3 is 1.08 bits per heavy atom. The molecular formula is C12H27B. The van der Waals surface area contributed by atoms with Crippen LogP contribution < -0.4 is 0 Å². The highest BCUT2D eigenvalue weighted by Gasteiger charge is 2.29. The first kappa shape index (κ1) is 13.1. The number of hydrogen-bond acceptors (Lipinski definition) is 0. The highest BCUT2D eigenvalue weighted by atomic mass is 14.1. The summed E-state index contributed by atoms with van der Waals surface area (Å²) < 4.78 is 0. The van der Waals surface area contributed by atoms with Gasteiger partial charge in [0, 0.05) is 0 Å². The Balaban J connectivity index is 4.34. The molecule has 0 aromatic heterocycles. The van der Waals surface area contributed by atoms with E-state index < -0.39 is 0 Å². The zero-order valence-electron chi connectivity index (χ0n) is 10.4. The van der Waals surface area contributed by atoms with Crippen LogP contribution in [0.25, 0.3) is 0 Å². The molecule has 0 aliphatic heterocycles. The van der Waals surface area contributed by atoms with Crippen molar-refractivity contribution in [3.05, 3.63) is 0 Å². The Hall–Kier alpha value is 0.0649. The lowest BCUT2D eigenvalue weighted by Crippen LogP contribution is -2.28. The molecule has 3 atom stereocenters. The maximum absolute atomic E-state index is 2.42. The zero-order valence-corrected chi connectivity index (χ0v) is 10.4. The van der Waals surface area contributed by atoms with Crippen molar-refractivity contribution in [1.29, 1.82) is 0 Å². The molecule has 0 bridgehead atoms. The summed E-state index contributed by atoms with van der Waals surface area (Å²) in [6, 6.07) is 0. The monoisotopic (exact) mass is 182 g/mol. The van der Waals surface area contributed by atoms with Gasteiger partial charge in [-0.15, -0.1) is 0 Å². The molecule has 1 heteroatoms. The minimum absolute atomic E-state index is 0.893. The lowest BCUT2D eigenvalue weighted by atomic mass is 9.28. The fourth-order valence-corrected chi connectivity index (χ4v) is 2.50. The van der Waals surface area contributed by atoms with Crippen LogP contribution in [0.4, 0.5) is 0 Å². The average molecular weight is 182 g/mol. The van der Waals surface area contributed by atoms with Crippen molar-refractivity contribution in [1.82, 2.24) is 0 Å². The van der Waals surface area contributed by atoms with Crippen LogP contribution in [0.1, 0.15) is 60.8 Å². The van der Waals surface area contributed by atoms with Crippen molar-refractivity contribution in [2.75, 3.05) is 0 Å². The van der Waals surface area contributed by atoms with Gasteiger partial charge >= 0.3 is 0 Å². The minimum atomic E-state index is 0.893. The molecule has 0 saturated heterocycles. The second-order valence-electron chi connectivity index (χ2n) is 4.73. The summed E-state index contributed by atoms with van der Waals surface area (Å²) in [5.41, 5.74) is 0. The van der Waals surface area contributed by atoms with Crippen molar-refractivity contribution in [3.63, 3.8) is 0 Å². The van der Waals surface area contributed by atoms with Crippen molar-refractivity contribution in [3.8, 4) is 0 Å². The van der Waals surface area contributed by atoms with E-state index in [-0.39, 0.29) is 0 Å². The van der Waals surface area contributed by atoms with Gasteiger partial charge in [0.05, 0.1) is 0 Å². The van der Waals surface area contributed by atoms with Crippen LogP contribution in [0.3, 0.4) is 0 Å². The van der Waals surface area contributed by atoms with Crippen molar-refractivity contribution in [2.45, 2.75) is 78.3 Å². The van der Waals surface area contributed by atoms with Gasteiger partial charge in [0.2, 0.25) is 0 Å². The SMILES string of the molecule is CC[C@@H](C)B([C@H](C)CC)[C@@H](C)CC. The molecule has 78 valence electrons. The van der Waals surface area contributed by atoms with E-state index in [1.165, 1.54) is 19.3 Å². The van der Waals surface area contributed by atoms with Crippen LogP contribution in [-0.4, -0.2) is 6.71 Å². The van der Waals surface area contributed by atoms with E-state index in [4.69, 9.17) is 0 Å². The molecule has 0 rings (SSSR count). The van der Waals surface area contributed by atoms with Gasteiger partial charge in [0.15, 0.2) is 0 Å². The Labute approximate surface area is 85.6 Å². The molecule has 0 aromatic rings. The quantitative estimate of drug-likeness (QED) is 0.513. The van der Waals surface area contributed by atoms with E-state index >= 15 is 0 Å². The number of hydrogen-bond donors (Lipinski definition) is 0. The Kier molecular flexibility index (Phi) is 6.54. The first-order valence-electron chi connectivity index (χ1n) is 6.08. The second kappa shape index (κ2) is 6.51. The number of rotatable bonds is 6. The standard InChI is InChI=1S/C12H27B/c1-7-10(4)13(11(5)8-2)12(6)9-3/h10-12H,7-9H2,1-6H3/t10-,11-,12+/m1/s1. The van der Waals surface area contributed by atoms with Crippen molar-refractivity contribution < 1.29 is 0 Å². The van der Waals surface area contributed by atoms with E-state index in [0.717, 1.165) is 24.2 Å². The van der Waals surface area contributed by atoms with Crippen LogP contribution >= 0.6 is 0 Å². The van der Waals surface area contributed by atoms with Crippen LogP contribution in [0.15, 0.2) is 0 Å². The second-order valence-corrected chi connectivity index (χ2v) is 4.73. The third kappa shape index (κ3) is 3.75. The predicted octanol–water partition coefficient (Wildman–Crippen LogP) is 4.88. The molecular weight excluding hydrogens is 155 g/mol. The van der Waals surface area contributed by atoms with Crippen molar-refractivity contribution in [2.24, 2.45) is 0 Å². The van der Waals surface area contributed by atoms with Gasteiger partial charge in [-0.05, 0) is 0 Å². The minimum Gasteiger partial charge on any atom is -0.0691 e. The van der Waals surface area contributed by atoms with Gasteiger partial charge in [0.25, 0.3) is 0 Å². The smallest absolute Gasteiger partial charge is 0.0691 e. The third-order valence-corrected chi connectivity index (χ3v) is 3.90. The van der Waals surface area contributed by atoms with E-state index in [2.05, 4.69) is 41.5 Å². The first-order valence-corrected chi connectivity index (χ1v) is 6.08. The molecule has 0 amide bonds. The van der Waals surface area contributed by atoms with Crippen LogP contribution in [-0.2, 0) is 0 Å². The zero-order chi connectivity index (χ0) is 10.4. The summed E-state index contributed by atoms with van der Waals surface area (Å²) in [6.45, 7) is 15.2. The molecule has 0 nitrogen and oxygen atoms in total. The highest BCUT2D eigenvalue weighted by molar-refractivity contribution is 6.63. The summed E-state index contributed by atoms with van der Waals surface area (Å²) in [7, 11) is 0. The Morgan fingerprint density at radius 1 is 0.692 bits per heavy atom. The summed E-state index contributed by atoms with van der Waals surface area (Å²) in [4.78, 5) is 0. The topological polar surface area (TPSA) is 0 Å². The van der Waals surface area contributed by atoms with E-state index in [0.29, 0.717) is 0 Å². The average Bonchev–Trinajstić information content (AvgIpc) is 2.16. The lowest BCUT2D eigenvalue weighted by Gasteiger charge is -2.30. The van der Waals surface area contributed by atoms with Crippen LogP contribution in [0.5, 0.6) is 0 Å². The van der Waals surface area contributed by atoms with Crippen molar-refractivity contribution >= 4 is 6.71 Å². The molecule has 0 fully saturated rings. The third-order valence-electron chi connectivity index (χ3n) is 3.90. The molecule has 0 spiro atoms. The van der Waals surface area contributed by atoms with Crippen LogP contribution in [0, 0.1) is 0 Å². The molecule has 0 N–H and O–H groups in total. The summed E-state index contributed by atoms with van der Waals surface area (Å²) in [6.07, 6.45) is 4.00. The van der Waals surface area contributed by atoms with Gasteiger partial charge in [-0.1, -0.05) is 78.3 Å². The Bertz CT molecular complexity index is 98.5. The van der Waals surface area contributed by atoms with Gasteiger partial charge in [-0.2, -0.15) is 0 Å². The van der Waals surface area contributed by atoms with E-state index in [1.54, 1.807) is 0 Å². The molecule has 0 saturated carbocycles. The highest BCUT2D eigenvalue weighted by Crippen LogP contribution is 2.35. The van der Waals surface area contributed by atoms with E-state index in [9.17, 15) is 0 Å². The Morgan fingerprint density at radius 2 is 0.923 bits per heavy atom. The molecule has 0 unspecified atom stereocenters. The summed E-state index contributed by atoms with van der Waals surface area (Å²) >= 11 is 0. The largest absolute Gasteiger partial charge is 0.148 e. The summed E-state index contributed by atoms with van der Waals surface area (Å²) in [5, 5.41) is 0. The maximum Gasteiger partial charge on any atom is 0.148 e.